The summed E-state index contributed by atoms with van der Waals surface area (Å²) >= 11 is 11.2. The first-order chi connectivity index (χ1) is 10.0. The minimum Gasteiger partial charge on any atom is -0.389 e. The van der Waals surface area contributed by atoms with Gasteiger partial charge in [-0.1, -0.05) is 0 Å². The second kappa shape index (κ2) is 10.0. The summed E-state index contributed by atoms with van der Waals surface area (Å²) in [6.45, 7) is 2.83. The molecule has 1 rings (SSSR count). The van der Waals surface area contributed by atoms with Crippen LogP contribution < -0.4 is 5.32 Å². The van der Waals surface area contributed by atoms with Crippen LogP contribution in [0.3, 0.4) is 0 Å². The smallest absolute Gasteiger partial charge is 0.228 e. The molecule has 0 fully saturated rings. The Kier molecular flexibility index (Phi) is 8.74. The van der Waals surface area contributed by atoms with Crippen LogP contribution in [0.25, 0.3) is 0 Å². The second-order valence-electron chi connectivity index (χ2n) is 4.08. The highest BCUT2D eigenvalue weighted by atomic mass is 35.5. The van der Waals surface area contributed by atoms with Gasteiger partial charge in [-0.25, -0.2) is 0 Å². The molecule has 120 valence electrons. The number of aliphatic hydroxyl groups is 2. The highest BCUT2D eigenvalue weighted by Crippen LogP contribution is 2.09. The Bertz CT molecular complexity index is 407. The van der Waals surface area contributed by atoms with E-state index in [-0.39, 0.29) is 42.9 Å². The number of hydrogen-bond acceptors (Lipinski definition) is 8. The molecule has 10 heteroatoms. The van der Waals surface area contributed by atoms with Crippen molar-refractivity contribution in [1.29, 1.82) is 0 Å². The molecule has 2 unspecified atom stereocenters. The van der Waals surface area contributed by atoms with E-state index in [0.717, 1.165) is 0 Å². The van der Waals surface area contributed by atoms with Gasteiger partial charge in [0.2, 0.25) is 16.5 Å². The minimum atomic E-state index is -0.807. The van der Waals surface area contributed by atoms with Crippen LogP contribution in [-0.4, -0.2) is 70.3 Å². The van der Waals surface area contributed by atoms with Crippen molar-refractivity contribution in [3.63, 3.8) is 0 Å². The first kappa shape index (κ1) is 18.3. The predicted octanol–water partition coefficient (Wildman–Crippen LogP) is 0.365. The van der Waals surface area contributed by atoms with Crippen molar-refractivity contribution < 1.29 is 19.7 Å². The maximum atomic E-state index is 9.70. The van der Waals surface area contributed by atoms with Crippen LogP contribution in [0.15, 0.2) is 0 Å². The van der Waals surface area contributed by atoms with E-state index in [0.29, 0.717) is 6.61 Å². The van der Waals surface area contributed by atoms with Crippen LogP contribution in [0.5, 0.6) is 0 Å². The Morgan fingerprint density at radius 2 is 1.57 bits per heavy atom. The maximum Gasteiger partial charge on any atom is 0.228 e. The molecule has 0 saturated heterocycles. The molecule has 0 aliphatic heterocycles. The number of nitrogens with one attached hydrogen (secondary N) is 1. The zero-order valence-corrected chi connectivity index (χ0v) is 13.0. The molecule has 0 aliphatic rings. The summed E-state index contributed by atoms with van der Waals surface area (Å²) < 4.78 is 10.2. The summed E-state index contributed by atoms with van der Waals surface area (Å²) in [5.74, 6) is 0.162. The Morgan fingerprint density at radius 1 is 1.00 bits per heavy atom. The summed E-state index contributed by atoms with van der Waals surface area (Å²) in [7, 11) is 0. The molecule has 0 aromatic carbocycles. The average molecular weight is 341 g/mol. The number of anilines is 1. The first-order valence-electron chi connectivity index (χ1n) is 6.33. The third-order valence-corrected chi connectivity index (χ3v) is 2.55. The standard InChI is InChI=1S/C11H18Cl2N4O4/c1-2-20-5-8(19)6-21-4-7(18)3-14-11-16-9(12)15-10(13)17-11/h7-8,18-19H,2-6H2,1H3,(H,14,15,16,17). The van der Waals surface area contributed by atoms with Crippen molar-refractivity contribution >= 4 is 29.2 Å². The van der Waals surface area contributed by atoms with Crippen molar-refractivity contribution in [2.24, 2.45) is 0 Å². The van der Waals surface area contributed by atoms with E-state index in [2.05, 4.69) is 20.3 Å². The van der Waals surface area contributed by atoms with Crippen LogP contribution in [-0.2, 0) is 9.47 Å². The molecule has 0 spiro atoms. The molecule has 3 N–H and O–H groups in total. The van der Waals surface area contributed by atoms with Crippen LogP contribution in [0.4, 0.5) is 5.95 Å². The molecule has 21 heavy (non-hydrogen) atoms. The van der Waals surface area contributed by atoms with Gasteiger partial charge in [0.25, 0.3) is 0 Å². The Morgan fingerprint density at radius 3 is 2.19 bits per heavy atom. The highest BCUT2D eigenvalue weighted by Gasteiger charge is 2.09. The van der Waals surface area contributed by atoms with Gasteiger partial charge >= 0.3 is 0 Å². The molecule has 2 atom stereocenters. The molecule has 1 heterocycles. The van der Waals surface area contributed by atoms with Crippen molar-refractivity contribution in [2.45, 2.75) is 19.1 Å². The lowest BCUT2D eigenvalue weighted by Crippen LogP contribution is -2.29. The molecule has 0 radical (unpaired) electrons. The normalized spacial score (nSPS) is 14.0. The van der Waals surface area contributed by atoms with Gasteiger partial charge in [-0.05, 0) is 30.1 Å². The maximum absolute atomic E-state index is 9.70. The molecule has 1 aromatic heterocycles. The van der Waals surface area contributed by atoms with Gasteiger partial charge in [0.15, 0.2) is 0 Å². The minimum absolute atomic E-state index is 0.0395. The molecule has 1 aromatic rings. The van der Waals surface area contributed by atoms with E-state index in [9.17, 15) is 10.2 Å². The fourth-order valence-corrected chi connectivity index (χ4v) is 1.68. The van der Waals surface area contributed by atoms with Gasteiger partial charge in [-0.2, -0.15) is 15.0 Å². The van der Waals surface area contributed by atoms with E-state index in [1.54, 1.807) is 0 Å². The highest BCUT2D eigenvalue weighted by molar-refractivity contribution is 6.31. The topological polar surface area (TPSA) is 110 Å². The second-order valence-corrected chi connectivity index (χ2v) is 4.76. The molecular weight excluding hydrogens is 323 g/mol. The summed E-state index contributed by atoms with van der Waals surface area (Å²) in [4.78, 5) is 11.2. The fraction of sp³-hybridized carbons (Fsp3) is 0.727. The van der Waals surface area contributed by atoms with Gasteiger partial charge in [-0.15, -0.1) is 0 Å². The van der Waals surface area contributed by atoms with Crippen molar-refractivity contribution in [3.05, 3.63) is 10.6 Å². The van der Waals surface area contributed by atoms with E-state index in [1.165, 1.54) is 0 Å². The Hall–Kier alpha value is -0.770. The lowest BCUT2D eigenvalue weighted by atomic mass is 10.3. The number of halogens is 2. The number of rotatable bonds is 10. The van der Waals surface area contributed by atoms with Crippen LogP contribution in [0.2, 0.25) is 10.6 Å². The van der Waals surface area contributed by atoms with Gasteiger partial charge in [-0.3, -0.25) is 0 Å². The lowest BCUT2D eigenvalue weighted by molar-refractivity contribution is -0.0353. The SMILES string of the molecule is CCOCC(O)COCC(O)CNc1nc(Cl)nc(Cl)n1. The summed E-state index contributed by atoms with van der Waals surface area (Å²) in [6.07, 6.45) is -1.52. The molecule has 8 nitrogen and oxygen atoms in total. The Labute approximate surface area is 132 Å². The predicted molar refractivity (Wildman–Crippen MR) is 77.7 cm³/mol. The van der Waals surface area contributed by atoms with Gasteiger partial charge in [0, 0.05) is 13.2 Å². The summed E-state index contributed by atoms with van der Waals surface area (Å²) in [6, 6.07) is 0. The number of aromatic nitrogens is 3. The van der Waals surface area contributed by atoms with Crippen LogP contribution in [0.1, 0.15) is 6.92 Å². The van der Waals surface area contributed by atoms with Crippen LogP contribution >= 0.6 is 23.2 Å². The molecule has 0 saturated carbocycles. The third kappa shape index (κ3) is 8.30. The third-order valence-electron chi connectivity index (χ3n) is 2.21. The largest absolute Gasteiger partial charge is 0.389 e. The van der Waals surface area contributed by atoms with Gasteiger partial charge < -0.3 is 25.0 Å². The van der Waals surface area contributed by atoms with Crippen molar-refractivity contribution in [2.75, 3.05) is 38.3 Å². The van der Waals surface area contributed by atoms with Crippen LogP contribution in [0, 0.1) is 0 Å². The quantitative estimate of drug-likeness (QED) is 0.560. The monoisotopic (exact) mass is 340 g/mol. The van der Waals surface area contributed by atoms with Gasteiger partial charge in [0.05, 0.1) is 25.9 Å². The van der Waals surface area contributed by atoms with E-state index >= 15 is 0 Å². The molecular formula is C11H18Cl2N4O4. The summed E-state index contributed by atoms with van der Waals surface area (Å²) in [5.41, 5.74) is 0. The van der Waals surface area contributed by atoms with E-state index < -0.39 is 12.2 Å². The van der Waals surface area contributed by atoms with Crippen molar-refractivity contribution in [3.8, 4) is 0 Å². The summed E-state index contributed by atoms with van der Waals surface area (Å²) in [5, 5.41) is 21.8. The zero-order chi connectivity index (χ0) is 15.7. The average Bonchev–Trinajstić information content (AvgIpc) is 2.42. The molecule has 0 bridgehead atoms. The molecule has 0 aliphatic carbocycles. The lowest BCUT2D eigenvalue weighted by Gasteiger charge is -2.14. The zero-order valence-electron chi connectivity index (χ0n) is 11.5. The van der Waals surface area contributed by atoms with Gasteiger partial charge in [0.1, 0.15) is 6.10 Å². The number of nitrogens with zero attached hydrogens (tertiary/aromatic N) is 3. The van der Waals surface area contributed by atoms with Crippen molar-refractivity contribution in [1.82, 2.24) is 15.0 Å². The van der Waals surface area contributed by atoms with E-state index in [4.69, 9.17) is 32.7 Å². The number of ether oxygens (including phenoxy) is 2. The first-order valence-corrected chi connectivity index (χ1v) is 7.09. The number of hydrogen-bond donors (Lipinski definition) is 3. The Balaban J connectivity index is 2.20. The van der Waals surface area contributed by atoms with E-state index in [1.807, 2.05) is 6.92 Å². The molecule has 0 amide bonds. The fourth-order valence-electron chi connectivity index (χ4n) is 1.32. The number of aliphatic hydroxyl groups excluding tert-OH is 2.